The van der Waals surface area contributed by atoms with Crippen molar-refractivity contribution in [1.82, 2.24) is 0 Å². The minimum atomic E-state index is 0.520. The van der Waals surface area contributed by atoms with Gasteiger partial charge in [-0.1, -0.05) is 13.0 Å². The van der Waals surface area contributed by atoms with Gasteiger partial charge < -0.3 is 5.32 Å². The van der Waals surface area contributed by atoms with Gasteiger partial charge in [-0.2, -0.15) is 17.0 Å². The second-order valence-corrected chi connectivity index (χ2v) is 7.18. The van der Waals surface area contributed by atoms with Gasteiger partial charge in [0.25, 0.3) is 0 Å². The maximum absolute atomic E-state index is 9.39. The van der Waals surface area contributed by atoms with Crippen molar-refractivity contribution < 1.29 is 0 Å². The van der Waals surface area contributed by atoms with Crippen LogP contribution < -0.4 is 5.32 Å². The Bertz CT molecular complexity index is 468. The molecule has 0 bridgehead atoms. The number of nitrogens with one attached hydrogen (secondary N) is 1. The van der Waals surface area contributed by atoms with Crippen molar-refractivity contribution in [2.24, 2.45) is 0 Å². The average Bonchev–Trinajstić information content (AvgIpc) is 2.87. The zero-order valence-corrected chi connectivity index (χ0v) is 13.1. The molecule has 4 heteroatoms. The maximum Gasteiger partial charge on any atom is 0.102 e. The van der Waals surface area contributed by atoms with E-state index >= 15 is 0 Å². The van der Waals surface area contributed by atoms with Gasteiger partial charge in [-0.05, 0) is 43.4 Å². The molecule has 0 heterocycles. The SMILES string of the molecule is CCSc1cccc(NC2CCC(SC)C2)c1C#N. The van der Waals surface area contributed by atoms with E-state index in [0.717, 1.165) is 27.1 Å². The van der Waals surface area contributed by atoms with E-state index in [9.17, 15) is 5.26 Å². The minimum absolute atomic E-state index is 0.520. The molecular formula is C15H20N2S2. The molecule has 0 aromatic heterocycles. The van der Waals surface area contributed by atoms with Gasteiger partial charge in [0.2, 0.25) is 0 Å². The predicted octanol–water partition coefficient (Wildman–Crippen LogP) is 4.37. The summed E-state index contributed by atoms with van der Waals surface area (Å²) in [6, 6.07) is 8.99. The van der Waals surface area contributed by atoms with E-state index in [0.29, 0.717) is 6.04 Å². The van der Waals surface area contributed by atoms with Crippen molar-refractivity contribution in [3.63, 3.8) is 0 Å². The lowest BCUT2D eigenvalue weighted by Gasteiger charge is -2.16. The number of nitrogens with zero attached hydrogens (tertiary/aromatic N) is 1. The second-order valence-electron chi connectivity index (χ2n) is 4.74. The highest BCUT2D eigenvalue weighted by molar-refractivity contribution is 7.99. The summed E-state index contributed by atoms with van der Waals surface area (Å²) in [4.78, 5) is 1.09. The number of rotatable bonds is 5. The molecule has 1 aromatic rings. The van der Waals surface area contributed by atoms with E-state index in [1.165, 1.54) is 19.3 Å². The normalized spacial score (nSPS) is 22.2. The molecule has 0 radical (unpaired) electrons. The van der Waals surface area contributed by atoms with Crippen molar-refractivity contribution in [3.05, 3.63) is 23.8 Å². The highest BCUT2D eigenvalue weighted by atomic mass is 32.2. The van der Waals surface area contributed by atoms with Gasteiger partial charge in [0, 0.05) is 16.2 Å². The predicted molar refractivity (Wildman–Crippen MR) is 86.1 cm³/mol. The molecule has 2 unspecified atom stereocenters. The van der Waals surface area contributed by atoms with Gasteiger partial charge in [-0.15, -0.1) is 11.8 Å². The Hall–Kier alpha value is -0.790. The molecule has 1 saturated carbocycles. The molecule has 0 amide bonds. The molecule has 19 heavy (non-hydrogen) atoms. The van der Waals surface area contributed by atoms with Crippen LogP contribution in [0.2, 0.25) is 0 Å². The summed E-state index contributed by atoms with van der Waals surface area (Å²) in [6.45, 7) is 2.12. The number of benzene rings is 1. The Balaban J connectivity index is 2.12. The lowest BCUT2D eigenvalue weighted by Crippen LogP contribution is -2.16. The molecule has 2 atom stereocenters. The van der Waals surface area contributed by atoms with E-state index in [1.54, 1.807) is 11.8 Å². The summed E-state index contributed by atoms with van der Waals surface area (Å²) in [6.07, 6.45) is 5.88. The Morgan fingerprint density at radius 1 is 1.42 bits per heavy atom. The third kappa shape index (κ3) is 3.61. The maximum atomic E-state index is 9.39. The molecule has 0 aliphatic heterocycles. The first-order valence-corrected chi connectivity index (χ1v) is 9.01. The molecule has 1 N–H and O–H groups in total. The van der Waals surface area contributed by atoms with Crippen molar-refractivity contribution in [2.45, 2.75) is 42.4 Å². The number of nitriles is 1. The summed E-state index contributed by atoms with van der Waals surface area (Å²) in [7, 11) is 0. The van der Waals surface area contributed by atoms with E-state index in [2.05, 4.69) is 24.6 Å². The average molecular weight is 292 g/mol. The van der Waals surface area contributed by atoms with Crippen LogP contribution in [0.25, 0.3) is 0 Å². The first-order valence-electron chi connectivity index (χ1n) is 6.73. The first-order chi connectivity index (χ1) is 9.28. The molecule has 0 spiro atoms. The topological polar surface area (TPSA) is 35.8 Å². The van der Waals surface area contributed by atoms with E-state index < -0.39 is 0 Å². The lowest BCUT2D eigenvalue weighted by atomic mass is 10.1. The van der Waals surface area contributed by atoms with Crippen LogP contribution in [0, 0.1) is 11.3 Å². The van der Waals surface area contributed by atoms with E-state index in [-0.39, 0.29) is 0 Å². The Kier molecular flexibility index (Phi) is 5.47. The van der Waals surface area contributed by atoms with Gasteiger partial charge in [0.1, 0.15) is 6.07 Å². The zero-order chi connectivity index (χ0) is 13.7. The van der Waals surface area contributed by atoms with Gasteiger partial charge in [-0.3, -0.25) is 0 Å². The molecule has 0 saturated heterocycles. The number of hydrogen-bond acceptors (Lipinski definition) is 4. The van der Waals surface area contributed by atoms with Gasteiger partial charge in [-0.25, -0.2) is 0 Å². The molecule has 102 valence electrons. The fourth-order valence-electron chi connectivity index (χ4n) is 2.55. The van der Waals surface area contributed by atoms with Crippen LogP contribution in [0.3, 0.4) is 0 Å². The molecule has 1 aromatic carbocycles. The Morgan fingerprint density at radius 2 is 2.26 bits per heavy atom. The lowest BCUT2D eigenvalue weighted by molar-refractivity contribution is 0.756. The minimum Gasteiger partial charge on any atom is -0.381 e. The smallest absolute Gasteiger partial charge is 0.102 e. The highest BCUT2D eigenvalue weighted by Gasteiger charge is 2.24. The zero-order valence-electron chi connectivity index (χ0n) is 11.5. The molecule has 2 rings (SSSR count). The van der Waals surface area contributed by atoms with Crippen LogP contribution in [-0.2, 0) is 0 Å². The van der Waals surface area contributed by atoms with Gasteiger partial charge in [0.15, 0.2) is 0 Å². The number of hydrogen-bond donors (Lipinski definition) is 1. The van der Waals surface area contributed by atoms with Crippen molar-refractivity contribution in [1.29, 1.82) is 5.26 Å². The van der Waals surface area contributed by atoms with Crippen LogP contribution >= 0.6 is 23.5 Å². The van der Waals surface area contributed by atoms with Crippen LogP contribution in [0.5, 0.6) is 0 Å². The summed E-state index contributed by atoms with van der Waals surface area (Å²) < 4.78 is 0. The first kappa shape index (κ1) is 14.6. The molecule has 1 aliphatic rings. The quantitative estimate of drug-likeness (QED) is 0.818. The second kappa shape index (κ2) is 7.12. The van der Waals surface area contributed by atoms with Crippen molar-refractivity contribution in [3.8, 4) is 6.07 Å². The third-order valence-electron chi connectivity index (χ3n) is 3.52. The Morgan fingerprint density at radius 3 is 2.89 bits per heavy atom. The van der Waals surface area contributed by atoms with Crippen molar-refractivity contribution >= 4 is 29.2 Å². The summed E-state index contributed by atoms with van der Waals surface area (Å²) >= 11 is 3.70. The van der Waals surface area contributed by atoms with Gasteiger partial charge in [0.05, 0.1) is 11.3 Å². The largest absolute Gasteiger partial charge is 0.381 e. The highest BCUT2D eigenvalue weighted by Crippen LogP contribution is 2.33. The van der Waals surface area contributed by atoms with E-state index in [1.807, 2.05) is 30.0 Å². The van der Waals surface area contributed by atoms with Crippen LogP contribution in [0.15, 0.2) is 23.1 Å². The third-order valence-corrected chi connectivity index (χ3v) is 5.55. The van der Waals surface area contributed by atoms with Crippen molar-refractivity contribution in [2.75, 3.05) is 17.3 Å². The summed E-state index contributed by atoms with van der Waals surface area (Å²) in [5.41, 5.74) is 1.81. The molecule has 1 fully saturated rings. The monoisotopic (exact) mass is 292 g/mol. The van der Waals surface area contributed by atoms with Gasteiger partial charge >= 0.3 is 0 Å². The molecule has 2 nitrogen and oxygen atoms in total. The number of anilines is 1. The summed E-state index contributed by atoms with van der Waals surface area (Å²) in [5, 5.41) is 13.7. The standard InChI is InChI=1S/C15H20N2S2/c1-3-19-15-6-4-5-14(13(15)10-16)17-11-7-8-12(9-11)18-2/h4-6,11-12,17H,3,7-9H2,1-2H3. The van der Waals surface area contributed by atoms with Crippen LogP contribution in [0.4, 0.5) is 5.69 Å². The fraction of sp³-hybridized carbons (Fsp3) is 0.533. The van der Waals surface area contributed by atoms with E-state index in [4.69, 9.17) is 0 Å². The van der Waals surface area contributed by atoms with Crippen LogP contribution in [0.1, 0.15) is 31.7 Å². The molecular weight excluding hydrogens is 272 g/mol. The van der Waals surface area contributed by atoms with Crippen LogP contribution in [-0.4, -0.2) is 23.3 Å². The number of thioether (sulfide) groups is 2. The fourth-order valence-corrected chi connectivity index (χ4v) is 4.13. The molecule has 1 aliphatic carbocycles. The Labute approximate surface area is 124 Å². The summed E-state index contributed by atoms with van der Waals surface area (Å²) in [5.74, 6) is 0.996.